The van der Waals surface area contributed by atoms with Gasteiger partial charge in [-0.3, -0.25) is 14.5 Å². The van der Waals surface area contributed by atoms with Gasteiger partial charge in [0.1, 0.15) is 5.82 Å². The molecular weight excluding hydrogens is 259 g/mol. The van der Waals surface area contributed by atoms with Crippen LogP contribution in [0.2, 0.25) is 0 Å². The fourth-order valence-corrected chi connectivity index (χ4v) is 1.99. The highest BCUT2D eigenvalue weighted by Gasteiger charge is 2.23. The van der Waals surface area contributed by atoms with E-state index in [1.165, 1.54) is 12.1 Å². The standard InChI is InChI=1S/C15H19FN2O2/c1-18(10-15(20)17-13-6-7-13)9-14(19)8-11-2-4-12(16)5-3-11/h2-5,13H,6-10H2,1H3,(H,17,20). The van der Waals surface area contributed by atoms with Crippen LogP contribution in [0, 0.1) is 5.82 Å². The Labute approximate surface area is 118 Å². The molecule has 5 heteroatoms. The number of carbonyl (C=O) groups excluding carboxylic acids is 2. The lowest BCUT2D eigenvalue weighted by atomic mass is 10.1. The first-order valence-electron chi connectivity index (χ1n) is 6.77. The van der Waals surface area contributed by atoms with Gasteiger partial charge < -0.3 is 5.32 Å². The molecular formula is C15H19FN2O2. The Morgan fingerprint density at radius 1 is 1.25 bits per heavy atom. The SMILES string of the molecule is CN(CC(=O)Cc1ccc(F)cc1)CC(=O)NC1CC1. The average molecular weight is 278 g/mol. The van der Waals surface area contributed by atoms with E-state index in [2.05, 4.69) is 5.32 Å². The van der Waals surface area contributed by atoms with Gasteiger partial charge in [0.05, 0.1) is 13.1 Å². The average Bonchev–Trinajstić information content (AvgIpc) is 3.15. The highest BCUT2D eigenvalue weighted by Crippen LogP contribution is 2.18. The van der Waals surface area contributed by atoms with Gasteiger partial charge in [-0.25, -0.2) is 4.39 Å². The van der Waals surface area contributed by atoms with Crippen molar-refractivity contribution in [2.45, 2.75) is 25.3 Å². The van der Waals surface area contributed by atoms with E-state index >= 15 is 0 Å². The molecule has 1 aromatic rings. The highest BCUT2D eigenvalue weighted by molar-refractivity contribution is 5.84. The van der Waals surface area contributed by atoms with E-state index in [1.807, 2.05) is 0 Å². The third-order valence-electron chi connectivity index (χ3n) is 3.12. The van der Waals surface area contributed by atoms with Crippen molar-refractivity contribution in [1.29, 1.82) is 0 Å². The molecule has 1 amide bonds. The molecule has 1 N–H and O–H groups in total. The van der Waals surface area contributed by atoms with Crippen LogP contribution in [0.4, 0.5) is 4.39 Å². The summed E-state index contributed by atoms with van der Waals surface area (Å²) in [5.74, 6) is -0.335. The van der Waals surface area contributed by atoms with Crippen molar-refractivity contribution < 1.29 is 14.0 Å². The summed E-state index contributed by atoms with van der Waals surface area (Å²) in [5.41, 5.74) is 0.784. The van der Waals surface area contributed by atoms with Crippen LogP contribution in [0.5, 0.6) is 0 Å². The van der Waals surface area contributed by atoms with Crippen LogP contribution >= 0.6 is 0 Å². The first-order chi connectivity index (χ1) is 9.52. The molecule has 4 nitrogen and oxygen atoms in total. The summed E-state index contributed by atoms with van der Waals surface area (Å²) in [6.07, 6.45) is 2.37. The quantitative estimate of drug-likeness (QED) is 0.814. The lowest BCUT2D eigenvalue weighted by Gasteiger charge is -2.15. The molecule has 0 aliphatic heterocycles. The summed E-state index contributed by atoms with van der Waals surface area (Å²) in [6.45, 7) is 0.446. The van der Waals surface area contributed by atoms with Crippen molar-refractivity contribution in [3.63, 3.8) is 0 Å². The van der Waals surface area contributed by atoms with Gasteiger partial charge in [0.15, 0.2) is 5.78 Å². The van der Waals surface area contributed by atoms with Gasteiger partial charge in [-0.05, 0) is 37.6 Å². The Kier molecular flexibility index (Phi) is 4.84. The van der Waals surface area contributed by atoms with E-state index in [0.29, 0.717) is 6.04 Å². The molecule has 0 bridgehead atoms. The number of rotatable bonds is 7. The zero-order chi connectivity index (χ0) is 14.5. The maximum Gasteiger partial charge on any atom is 0.234 e. The van der Waals surface area contributed by atoms with E-state index in [0.717, 1.165) is 18.4 Å². The monoisotopic (exact) mass is 278 g/mol. The number of nitrogens with one attached hydrogen (secondary N) is 1. The molecule has 1 saturated carbocycles. The van der Waals surface area contributed by atoms with Gasteiger partial charge in [0.25, 0.3) is 0 Å². The van der Waals surface area contributed by atoms with Gasteiger partial charge in [-0.1, -0.05) is 12.1 Å². The number of hydrogen-bond acceptors (Lipinski definition) is 3. The topological polar surface area (TPSA) is 49.4 Å². The van der Waals surface area contributed by atoms with Crippen molar-refractivity contribution in [2.24, 2.45) is 0 Å². The van der Waals surface area contributed by atoms with Crippen LogP contribution < -0.4 is 5.32 Å². The number of hydrogen-bond donors (Lipinski definition) is 1. The fourth-order valence-electron chi connectivity index (χ4n) is 1.99. The number of benzene rings is 1. The maximum atomic E-state index is 12.7. The maximum absolute atomic E-state index is 12.7. The Balaban J connectivity index is 1.72. The van der Waals surface area contributed by atoms with Gasteiger partial charge in [-0.2, -0.15) is 0 Å². The van der Waals surface area contributed by atoms with E-state index in [-0.39, 0.29) is 37.0 Å². The Morgan fingerprint density at radius 3 is 2.50 bits per heavy atom. The number of likely N-dealkylation sites (N-methyl/N-ethyl adjacent to an activating group) is 1. The van der Waals surface area contributed by atoms with Gasteiger partial charge in [-0.15, -0.1) is 0 Å². The molecule has 0 aromatic heterocycles. The number of amides is 1. The molecule has 2 rings (SSSR count). The molecule has 0 heterocycles. The second-order valence-electron chi connectivity index (χ2n) is 5.36. The number of Topliss-reactive ketones (excluding diaryl/α,β-unsaturated/α-hetero) is 1. The number of ketones is 1. The molecule has 1 aliphatic carbocycles. The van der Waals surface area contributed by atoms with Crippen molar-refractivity contribution >= 4 is 11.7 Å². The fraction of sp³-hybridized carbons (Fsp3) is 0.467. The molecule has 20 heavy (non-hydrogen) atoms. The van der Waals surface area contributed by atoms with Gasteiger partial charge in [0.2, 0.25) is 5.91 Å². The van der Waals surface area contributed by atoms with Crippen molar-refractivity contribution in [3.05, 3.63) is 35.6 Å². The van der Waals surface area contributed by atoms with E-state index in [1.54, 1.807) is 24.1 Å². The second-order valence-corrected chi connectivity index (χ2v) is 5.36. The normalized spacial score (nSPS) is 14.3. The molecule has 0 saturated heterocycles. The van der Waals surface area contributed by atoms with Crippen LogP contribution in [0.15, 0.2) is 24.3 Å². The minimum Gasteiger partial charge on any atom is -0.352 e. The largest absolute Gasteiger partial charge is 0.352 e. The van der Waals surface area contributed by atoms with Crippen molar-refractivity contribution in [1.82, 2.24) is 10.2 Å². The van der Waals surface area contributed by atoms with Crippen LogP contribution in [0.25, 0.3) is 0 Å². The van der Waals surface area contributed by atoms with Crippen LogP contribution in [0.1, 0.15) is 18.4 Å². The van der Waals surface area contributed by atoms with Gasteiger partial charge in [0, 0.05) is 12.5 Å². The molecule has 0 atom stereocenters. The lowest BCUT2D eigenvalue weighted by Crippen LogP contribution is -2.38. The molecule has 1 fully saturated rings. The molecule has 0 radical (unpaired) electrons. The van der Waals surface area contributed by atoms with E-state index < -0.39 is 0 Å². The van der Waals surface area contributed by atoms with Gasteiger partial charge >= 0.3 is 0 Å². The number of nitrogens with zero attached hydrogens (tertiary/aromatic N) is 1. The predicted molar refractivity (Wildman–Crippen MR) is 73.8 cm³/mol. The summed E-state index contributed by atoms with van der Waals surface area (Å²) in [6, 6.07) is 6.23. The summed E-state index contributed by atoms with van der Waals surface area (Å²) in [4.78, 5) is 25.1. The van der Waals surface area contributed by atoms with Crippen LogP contribution in [-0.4, -0.2) is 42.8 Å². The highest BCUT2D eigenvalue weighted by atomic mass is 19.1. The van der Waals surface area contributed by atoms with Crippen molar-refractivity contribution in [2.75, 3.05) is 20.1 Å². The Morgan fingerprint density at radius 2 is 1.90 bits per heavy atom. The minimum absolute atomic E-state index is 0.0123. The minimum atomic E-state index is -0.310. The molecule has 1 aliphatic rings. The first kappa shape index (κ1) is 14.7. The van der Waals surface area contributed by atoms with E-state index in [9.17, 15) is 14.0 Å². The van der Waals surface area contributed by atoms with E-state index in [4.69, 9.17) is 0 Å². The van der Waals surface area contributed by atoms with Crippen LogP contribution in [-0.2, 0) is 16.0 Å². The molecule has 108 valence electrons. The molecule has 0 unspecified atom stereocenters. The predicted octanol–water partition coefficient (Wildman–Crippen LogP) is 1.15. The summed E-state index contributed by atoms with van der Waals surface area (Å²) in [5, 5.41) is 2.88. The molecule has 1 aromatic carbocycles. The molecule has 0 spiro atoms. The third-order valence-corrected chi connectivity index (χ3v) is 3.12. The summed E-state index contributed by atoms with van der Waals surface area (Å²) in [7, 11) is 1.75. The number of carbonyl (C=O) groups is 2. The zero-order valence-corrected chi connectivity index (χ0v) is 11.6. The second kappa shape index (κ2) is 6.61. The summed E-state index contributed by atoms with van der Waals surface area (Å²) >= 11 is 0. The Hall–Kier alpha value is -1.75. The van der Waals surface area contributed by atoms with Crippen LogP contribution in [0.3, 0.4) is 0 Å². The lowest BCUT2D eigenvalue weighted by molar-refractivity contribution is -0.123. The number of halogens is 1. The smallest absolute Gasteiger partial charge is 0.234 e. The first-order valence-corrected chi connectivity index (χ1v) is 6.77. The summed E-state index contributed by atoms with van der Waals surface area (Å²) < 4.78 is 12.7. The Bertz CT molecular complexity index is 483. The zero-order valence-electron chi connectivity index (χ0n) is 11.6. The third kappa shape index (κ3) is 5.09. The van der Waals surface area contributed by atoms with Crippen molar-refractivity contribution in [3.8, 4) is 0 Å².